The molecule has 0 radical (unpaired) electrons. The highest BCUT2D eigenvalue weighted by molar-refractivity contribution is 5.84. The van der Waals surface area contributed by atoms with Crippen LogP contribution in [0, 0.1) is 0 Å². The van der Waals surface area contributed by atoms with Gasteiger partial charge in [0.2, 0.25) is 5.89 Å². The molecule has 2 aromatic heterocycles. The molecule has 0 saturated heterocycles. The molecule has 0 fully saturated rings. The molecule has 1 atom stereocenters. The molecular weight excluding hydrogens is 308 g/mol. The maximum Gasteiger partial charge on any atom is 0.357 e. The van der Waals surface area contributed by atoms with Crippen molar-refractivity contribution in [2.75, 3.05) is 0 Å². The second kappa shape index (κ2) is 7.14. The number of hydrogen-bond donors (Lipinski definition) is 1. The van der Waals surface area contributed by atoms with Crippen LogP contribution >= 0.6 is 0 Å². The lowest BCUT2D eigenvalue weighted by Gasteiger charge is -2.27. The van der Waals surface area contributed by atoms with Crippen LogP contribution < -0.4 is 0 Å². The molecule has 0 amide bonds. The van der Waals surface area contributed by atoms with Gasteiger partial charge in [0.05, 0.1) is 19.4 Å². The predicted octanol–water partition coefficient (Wildman–Crippen LogP) is 3.73. The maximum atomic E-state index is 11.0. The second-order valence-corrected chi connectivity index (χ2v) is 5.50. The molecule has 3 aromatic rings. The van der Waals surface area contributed by atoms with Gasteiger partial charge < -0.3 is 13.9 Å². The van der Waals surface area contributed by atoms with Crippen molar-refractivity contribution in [2.24, 2.45) is 0 Å². The van der Waals surface area contributed by atoms with E-state index in [1.165, 1.54) is 0 Å². The van der Waals surface area contributed by atoms with Crippen molar-refractivity contribution >= 4 is 5.97 Å². The zero-order valence-electron chi connectivity index (χ0n) is 13.3. The van der Waals surface area contributed by atoms with E-state index in [-0.39, 0.29) is 11.7 Å². The molecule has 124 valence electrons. The smallest absolute Gasteiger partial charge is 0.357 e. The lowest BCUT2D eigenvalue weighted by atomic mass is 10.1. The number of oxazole rings is 1. The lowest BCUT2D eigenvalue weighted by Crippen LogP contribution is -2.26. The van der Waals surface area contributed by atoms with Crippen molar-refractivity contribution < 1.29 is 18.7 Å². The van der Waals surface area contributed by atoms with Crippen LogP contribution in [0.5, 0.6) is 0 Å². The van der Waals surface area contributed by atoms with Gasteiger partial charge >= 0.3 is 5.97 Å². The molecule has 24 heavy (non-hydrogen) atoms. The summed E-state index contributed by atoms with van der Waals surface area (Å²) < 4.78 is 10.7. The fourth-order valence-electron chi connectivity index (χ4n) is 2.53. The van der Waals surface area contributed by atoms with Crippen molar-refractivity contribution in [3.05, 3.63) is 77.9 Å². The van der Waals surface area contributed by atoms with Gasteiger partial charge in [-0.25, -0.2) is 9.78 Å². The number of benzene rings is 1. The highest BCUT2D eigenvalue weighted by atomic mass is 16.4. The summed E-state index contributed by atoms with van der Waals surface area (Å²) in [6.07, 6.45) is 2.80. The van der Waals surface area contributed by atoms with Crippen LogP contribution in [0.4, 0.5) is 0 Å². The molecule has 3 rings (SSSR count). The number of carbonyl (C=O) groups is 1. The standard InChI is InChI=1S/C18H18N2O4/c1-13(14-6-3-2-4-7-14)20(10-15-8-5-9-23-15)11-17-19-16(12-24-17)18(21)22/h2-9,12-13H,10-11H2,1H3,(H,21,22). The Balaban J connectivity index is 1.82. The van der Waals surface area contributed by atoms with E-state index in [9.17, 15) is 4.79 Å². The fraction of sp³-hybridized carbons (Fsp3) is 0.222. The van der Waals surface area contributed by atoms with Crippen molar-refractivity contribution in [1.29, 1.82) is 0 Å². The Morgan fingerprint density at radius 2 is 1.96 bits per heavy atom. The molecule has 1 aromatic carbocycles. The summed E-state index contributed by atoms with van der Waals surface area (Å²) in [5.41, 5.74) is 1.06. The minimum Gasteiger partial charge on any atom is -0.476 e. The van der Waals surface area contributed by atoms with Gasteiger partial charge in [0.15, 0.2) is 5.69 Å². The number of carboxylic acid groups (broad SMARTS) is 1. The first-order chi connectivity index (χ1) is 11.6. The van der Waals surface area contributed by atoms with E-state index in [1.807, 2.05) is 30.3 Å². The van der Waals surface area contributed by atoms with E-state index in [1.54, 1.807) is 6.26 Å². The fourth-order valence-corrected chi connectivity index (χ4v) is 2.53. The Morgan fingerprint density at radius 1 is 1.17 bits per heavy atom. The number of nitrogens with zero attached hydrogens (tertiary/aromatic N) is 2. The van der Waals surface area contributed by atoms with Gasteiger partial charge in [-0.15, -0.1) is 0 Å². The molecular formula is C18H18N2O4. The van der Waals surface area contributed by atoms with Crippen LogP contribution in [0.1, 0.15) is 40.7 Å². The summed E-state index contributed by atoms with van der Waals surface area (Å²) in [6.45, 7) is 3.03. The van der Waals surface area contributed by atoms with Gasteiger partial charge in [-0.05, 0) is 24.6 Å². The molecule has 1 N–H and O–H groups in total. The SMILES string of the molecule is CC(c1ccccc1)N(Cc1ccco1)Cc1nc(C(=O)O)co1. The van der Waals surface area contributed by atoms with Crippen LogP contribution in [0.25, 0.3) is 0 Å². The molecule has 0 aliphatic rings. The Morgan fingerprint density at radius 3 is 2.58 bits per heavy atom. The van der Waals surface area contributed by atoms with Crippen molar-refractivity contribution in [3.63, 3.8) is 0 Å². The minimum absolute atomic E-state index is 0.0801. The van der Waals surface area contributed by atoms with Crippen LogP contribution in [-0.4, -0.2) is 21.0 Å². The van der Waals surface area contributed by atoms with Crippen LogP contribution in [0.15, 0.2) is 63.8 Å². The van der Waals surface area contributed by atoms with E-state index < -0.39 is 5.97 Å². The summed E-state index contributed by atoms with van der Waals surface area (Å²) in [7, 11) is 0. The average Bonchev–Trinajstić information content (AvgIpc) is 3.26. The van der Waals surface area contributed by atoms with Gasteiger partial charge in [0.25, 0.3) is 0 Å². The van der Waals surface area contributed by atoms with E-state index in [0.29, 0.717) is 19.0 Å². The van der Waals surface area contributed by atoms with E-state index in [0.717, 1.165) is 17.6 Å². The Kier molecular flexibility index (Phi) is 4.77. The van der Waals surface area contributed by atoms with E-state index in [2.05, 4.69) is 28.9 Å². The van der Waals surface area contributed by atoms with Crippen LogP contribution in [0.2, 0.25) is 0 Å². The minimum atomic E-state index is -1.10. The maximum absolute atomic E-state index is 11.0. The van der Waals surface area contributed by atoms with Crippen LogP contribution in [0.3, 0.4) is 0 Å². The number of aromatic carboxylic acids is 1. The third-order valence-corrected chi connectivity index (χ3v) is 3.88. The van der Waals surface area contributed by atoms with Gasteiger partial charge in [-0.2, -0.15) is 0 Å². The monoisotopic (exact) mass is 326 g/mol. The third kappa shape index (κ3) is 3.72. The molecule has 1 unspecified atom stereocenters. The van der Waals surface area contributed by atoms with Gasteiger partial charge in [-0.3, -0.25) is 4.90 Å². The van der Waals surface area contributed by atoms with Gasteiger partial charge in [0, 0.05) is 6.04 Å². The van der Waals surface area contributed by atoms with Crippen molar-refractivity contribution in [1.82, 2.24) is 9.88 Å². The van der Waals surface area contributed by atoms with Gasteiger partial charge in [-0.1, -0.05) is 30.3 Å². The number of aromatic nitrogens is 1. The third-order valence-electron chi connectivity index (χ3n) is 3.88. The summed E-state index contributed by atoms with van der Waals surface area (Å²) in [5, 5.41) is 8.98. The predicted molar refractivity (Wildman–Crippen MR) is 86.3 cm³/mol. The summed E-state index contributed by atoms with van der Waals surface area (Å²) >= 11 is 0. The number of hydrogen-bond acceptors (Lipinski definition) is 5. The number of carboxylic acids is 1. The summed E-state index contributed by atoms with van der Waals surface area (Å²) in [4.78, 5) is 17.1. The quantitative estimate of drug-likeness (QED) is 0.712. The van der Waals surface area contributed by atoms with Crippen molar-refractivity contribution in [2.45, 2.75) is 26.1 Å². The largest absolute Gasteiger partial charge is 0.476 e. The first-order valence-corrected chi connectivity index (χ1v) is 7.62. The molecule has 0 saturated carbocycles. The molecule has 0 aliphatic heterocycles. The zero-order chi connectivity index (χ0) is 16.9. The molecule has 0 aliphatic carbocycles. The molecule has 0 spiro atoms. The van der Waals surface area contributed by atoms with Crippen LogP contribution in [-0.2, 0) is 13.1 Å². The summed E-state index contributed by atoms with van der Waals surface area (Å²) in [6, 6.07) is 13.9. The average molecular weight is 326 g/mol. The second-order valence-electron chi connectivity index (χ2n) is 5.50. The number of furan rings is 1. The lowest BCUT2D eigenvalue weighted by molar-refractivity contribution is 0.0690. The molecule has 0 bridgehead atoms. The van der Waals surface area contributed by atoms with E-state index in [4.69, 9.17) is 13.9 Å². The Labute approximate surface area is 139 Å². The highest BCUT2D eigenvalue weighted by Crippen LogP contribution is 2.24. The van der Waals surface area contributed by atoms with Crippen molar-refractivity contribution in [3.8, 4) is 0 Å². The highest BCUT2D eigenvalue weighted by Gasteiger charge is 2.21. The Hall–Kier alpha value is -2.86. The normalized spacial score (nSPS) is 12.4. The first-order valence-electron chi connectivity index (χ1n) is 7.62. The number of rotatable bonds is 7. The van der Waals surface area contributed by atoms with E-state index >= 15 is 0 Å². The first kappa shape index (κ1) is 16.0. The topological polar surface area (TPSA) is 79.7 Å². The van der Waals surface area contributed by atoms with Gasteiger partial charge in [0.1, 0.15) is 12.0 Å². The Bertz CT molecular complexity index is 780. The summed E-state index contributed by atoms with van der Waals surface area (Å²) in [5.74, 6) is 0.0863. The molecule has 2 heterocycles. The zero-order valence-corrected chi connectivity index (χ0v) is 13.3. The molecule has 6 nitrogen and oxygen atoms in total. The molecule has 6 heteroatoms.